The number of rotatable bonds is 2. The van der Waals surface area contributed by atoms with E-state index in [1.165, 1.54) is 6.33 Å². The van der Waals surface area contributed by atoms with Crippen LogP contribution in [-0.2, 0) is 0 Å². The van der Waals surface area contributed by atoms with Gasteiger partial charge in [-0.25, -0.2) is 4.98 Å². The van der Waals surface area contributed by atoms with Gasteiger partial charge in [0, 0.05) is 6.54 Å². The normalized spacial score (nSPS) is 19.3. The van der Waals surface area contributed by atoms with Crippen molar-refractivity contribution in [3.05, 3.63) is 35.3 Å². The SMILES string of the molecule is Cc1cc(C(=O)N2CCCC[C@@H]2c2ncn[nH]2)c(C)o1. The summed E-state index contributed by atoms with van der Waals surface area (Å²) >= 11 is 0. The molecule has 1 atom stereocenters. The molecule has 1 N–H and O–H groups in total. The number of piperidine rings is 1. The molecule has 0 aromatic carbocycles. The fourth-order valence-electron chi connectivity index (χ4n) is 2.83. The molecular formula is C14H18N4O2. The number of aromatic nitrogens is 3. The van der Waals surface area contributed by atoms with E-state index in [1.807, 2.05) is 24.8 Å². The molecule has 1 saturated heterocycles. The lowest BCUT2D eigenvalue weighted by molar-refractivity contribution is 0.0598. The van der Waals surface area contributed by atoms with Crippen molar-refractivity contribution in [1.29, 1.82) is 0 Å². The molecule has 2 aromatic rings. The maximum absolute atomic E-state index is 12.7. The summed E-state index contributed by atoms with van der Waals surface area (Å²) in [7, 11) is 0. The Kier molecular flexibility index (Phi) is 3.30. The number of carbonyl (C=O) groups is 1. The first kappa shape index (κ1) is 12.9. The largest absolute Gasteiger partial charge is 0.466 e. The topological polar surface area (TPSA) is 75.0 Å². The van der Waals surface area contributed by atoms with Gasteiger partial charge in [-0.1, -0.05) is 0 Å². The summed E-state index contributed by atoms with van der Waals surface area (Å²) in [6.07, 6.45) is 4.52. The number of H-pyrrole nitrogens is 1. The minimum Gasteiger partial charge on any atom is -0.466 e. The second kappa shape index (κ2) is 5.11. The number of carbonyl (C=O) groups excluding carboxylic acids is 1. The minimum atomic E-state index is -0.0200. The van der Waals surface area contributed by atoms with Crippen molar-refractivity contribution in [2.24, 2.45) is 0 Å². The van der Waals surface area contributed by atoms with Crippen LogP contribution in [0.3, 0.4) is 0 Å². The fourth-order valence-corrected chi connectivity index (χ4v) is 2.83. The van der Waals surface area contributed by atoms with Crippen LogP contribution in [0.5, 0.6) is 0 Å². The molecule has 0 bridgehead atoms. The number of likely N-dealkylation sites (tertiary alicyclic amines) is 1. The highest BCUT2D eigenvalue weighted by molar-refractivity contribution is 5.95. The van der Waals surface area contributed by atoms with Crippen molar-refractivity contribution in [3.63, 3.8) is 0 Å². The highest BCUT2D eigenvalue weighted by Gasteiger charge is 2.31. The molecule has 1 aliphatic rings. The lowest BCUT2D eigenvalue weighted by Crippen LogP contribution is -2.39. The van der Waals surface area contributed by atoms with Crippen LogP contribution < -0.4 is 0 Å². The number of nitrogens with zero attached hydrogens (tertiary/aromatic N) is 3. The van der Waals surface area contributed by atoms with E-state index in [1.54, 1.807) is 0 Å². The molecule has 0 aliphatic carbocycles. The number of aryl methyl sites for hydroxylation is 2. The quantitative estimate of drug-likeness (QED) is 0.912. The van der Waals surface area contributed by atoms with Crippen LogP contribution in [0.2, 0.25) is 0 Å². The van der Waals surface area contributed by atoms with Gasteiger partial charge in [-0.05, 0) is 39.2 Å². The molecule has 1 aliphatic heterocycles. The van der Waals surface area contributed by atoms with Crippen LogP contribution in [0.15, 0.2) is 16.8 Å². The maximum Gasteiger partial charge on any atom is 0.258 e. The number of hydrogen-bond donors (Lipinski definition) is 1. The molecule has 3 rings (SSSR count). The van der Waals surface area contributed by atoms with Crippen molar-refractivity contribution in [1.82, 2.24) is 20.1 Å². The van der Waals surface area contributed by atoms with Gasteiger partial charge >= 0.3 is 0 Å². The van der Waals surface area contributed by atoms with E-state index in [4.69, 9.17) is 4.42 Å². The molecule has 6 heteroatoms. The number of hydrogen-bond acceptors (Lipinski definition) is 4. The molecule has 2 aromatic heterocycles. The van der Waals surface area contributed by atoms with Gasteiger partial charge in [-0.2, -0.15) is 5.10 Å². The molecule has 0 unspecified atom stereocenters. The Balaban J connectivity index is 1.90. The van der Waals surface area contributed by atoms with Crippen molar-refractivity contribution in [2.75, 3.05) is 6.54 Å². The molecular weight excluding hydrogens is 256 g/mol. The van der Waals surface area contributed by atoms with E-state index in [0.29, 0.717) is 11.3 Å². The Labute approximate surface area is 117 Å². The number of furan rings is 1. The summed E-state index contributed by atoms with van der Waals surface area (Å²) < 4.78 is 5.47. The van der Waals surface area contributed by atoms with E-state index in [9.17, 15) is 4.79 Å². The zero-order valence-corrected chi connectivity index (χ0v) is 11.7. The monoisotopic (exact) mass is 274 g/mol. The summed E-state index contributed by atoms with van der Waals surface area (Å²) in [5, 5.41) is 6.78. The Hall–Kier alpha value is -2.11. The molecule has 20 heavy (non-hydrogen) atoms. The summed E-state index contributed by atoms with van der Waals surface area (Å²) in [6.45, 7) is 4.43. The van der Waals surface area contributed by atoms with E-state index in [2.05, 4.69) is 15.2 Å². The van der Waals surface area contributed by atoms with Crippen LogP contribution in [0.1, 0.15) is 53.0 Å². The molecule has 6 nitrogen and oxygen atoms in total. The summed E-state index contributed by atoms with van der Waals surface area (Å²) in [5.74, 6) is 2.21. The van der Waals surface area contributed by atoms with Gasteiger partial charge in [0.2, 0.25) is 0 Å². The van der Waals surface area contributed by atoms with Crippen LogP contribution >= 0.6 is 0 Å². The van der Waals surface area contributed by atoms with Crippen LogP contribution in [0.4, 0.5) is 0 Å². The first-order valence-electron chi connectivity index (χ1n) is 6.90. The highest BCUT2D eigenvalue weighted by atomic mass is 16.3. The van der Waals surface area contributed by atoms with Crippen molar-refractivity contribution in [2.45, 2.75) is 39.2 Å². The Bertz CT molecular complexity index is 603. The third kappa shape index (κ3) is 2.21. The summed E-state index contributed by atoms with van der Waals surface area (Å²) in [6, 6.07) is 1.79. The van der Waals surface area contributed by atoms with Crippen molar-refractivity contribution >= 4 is 5.91 Å². The predicted octanol–water partition coefficient (Wildman–Crippen LogP) is 2.38. The summed E-state index contributed by atoms with van der Waals surface area (Å²) in [5.41, 5.74) is 0.647. The molecule has 1 fully saturated rings. The third-order valence-electron chi connectivity index (χ3n) is 3.78. The minimum absolute atomic E-state index is 0.0143. The third-order valence-corrected chi connectivity index (χ3v) is 3.78. The highest BCUT2D eigenvalue weighted by Crippen LogP contribution is 2.30. The average Bonchev–Trinajstić information content (AvgIpc) is 3.07. The van der Waals surface area contributed by atoms with Crippen LogP contribution in [0.25, 0.3) is 0 Å². The first-order chi connectivity index (χ1) is 9.66. The average molecular weight is 274 g/mol. The Morgan fingerprint density at radius 3 is 2.95 bits per heavy atom. The van der Waals surface area contributed by atoms with Crippen LogP contribution in [-0.4, -0.2) is 32.5 Å². The first-order valence-corrected chi connectivity index (χ1v) is 6.90. The van der Waals surface area contributed by atoms with Gasteiger partial charge in [0.15, 0.2) is 0 Å². The van der Waals surface area contributed by atoms with Gasteiger partial charge in [0.1, 0.15) is 23.7 Å². The Morgan fingerprint density at radius 1 is 1.45 bits per heavy atom. The van der Waals surface area contributed by atoms with E-state index in [-0.39, 0.29) is 11.9 Å². The number of aromatic amines is 1. The maximum atomic E-state index is 12.7. The number of amides is 1. The van der Waals surface area contributed by atoms with Gasteiger partial charge in [0.05, 0.1) is 11.6 Å². The Morgan fingerprint density at radius 2 is 2.30 bits per heavy atom. The smallest absolute Gasteiger partial charge is 0.258 e. The lowest BCUT2D eigenvalue weighted by atomic mass is 10.0. The molecule has 3 heterocycles. The zero-order valence-electron chi connectivity index (χ0n) is 11.7. The molecule has 106 valence electrons. The zero-order chi connectivity index (χ0) is 14.1. The van der Waals surface area contributed by atoms with Gasteiger partial charge in [0.25, 0.3) is 5.91 Å². The predicted molar refractivity (Wildman–Crippen MR) is 72.2 cm³/mol. The molecule has 0 saturated carbocycles. The second-order valence-corrected chi connectivity index (χ2v) is 5.21. The number of nitrogens with one attached hydrogen (secondary N) is 1. The standard InChI is InChI=1S/C14H18N4O2/c1-9-7-11(10(2)20-9)14(19)18-6-4-3-5-12(18)13-15-8-16-17-13/h7-8,12H,3-6H2,1-2H3,(H,15,16,17)/t12-/m1/s1. The fraction of sp³-hybridized carbons (Fsp3) is 0.500. The summed E-state index contributed by atoms with van der Waals surface area (Å²) in [4.78, 5) is 18.8. The molecule has 1 amide bonds. The van der Waals surface area contributed by atoms with Gasteiger partial charge in [-0.15, -0.1) is 0 Å². The van der Waals surface area contributed by atoms with Gasteiger partial charge in [-0.3, -0.25) is 9.89 Å². The molecule has 0 spiro atoms. The van der Waals surface area contributed by atoms with E-state index < -0.39 is 0 Å². The second-order valence-electron chi connectivity index (χ2n) is 5.21. The van der Waals surface area contributed by atoms with E-state index >= 15 is 0 Å². The van der Waals surface area contributed by atoms with Gasteiger partial charge < -0.3 is 9.32 Å². The lowest BCUT2D eigenvalue weighted by Gasteiger charge is -2.34. The van der Waals surface area contributed by atoms with Crippen molar-refractivity contribution in [3.8, 4) is 0 Å². The van der Waals surface area contributed by atoms with Crippen LogP contribution in [0, 0.1) is 13.8 Å². The van der Waals surface area contributed by atoms with E-state index in [0.717, 1.165) is 37.4 Å². The van der Waals surface area contributed by atoms with Crippen molar-refractivity contribution < 1.29 is 9.21 Å². The molecule has 0 radical (unpaired) electrons.